The molecule has 2 saturated heterocycles. The van der Waals surface area contributed by atoms with Crippen LogP contribution >= 0.6 is 0 Å². The predicted molar refractivity (Wildman–Crippen MR) is 278 cm³/mol. The van der Waals surface area contributed by atoms with Gasteiger partial charge in [0.15, 0.2) is 12.6 Å². The van der Waals surface area contributed by atoms with E-state index in [1.165, 1.54) is 4.90 Å². The van der Waals surface area contributed by atoms with Gasteiger partial charge in [0, 0.05) is 50.1 Å². The topological polar surface area (TPSA) is 396 Å². The lowest BCUT2D eigenvalue weighted by Crippen LogP contribution is -2.59. The van der Waals surface area contributed by atoms with E-state index in [0.717, 1.165) is 0 Å². The lowest BCUT2D eigenvalue weighted by atomic mass is 9.82. The van der Waals surface area contributed by atoms with E-state index >= 15 is 0 Å². The van der Waals surface area contributed by atoms with Crippen molar-refractivity contribution in [2.75, 3.05) is 118 Å². The Hall–Kier alpha value is -2.88. The van der Waals surface area contributed by atoms with Crippen molar-refractivity contribution in [1.29, 1.82) is 0 Å². The molecule has 0 saturated carbocycles. The van der Waals surface area contributed by atoms with Crippen molar-refractivity contribution >= 4 is 23.9 Å². The number of aliphatic hydroxyl groups is 10. The average molecular weight is 1130 g/mol. The Morgan fingerprint density at radius 1 is 0.487 bits per heavy atom. The fraction of sp³-hybridized carbons (Fsp3) is 0.922. The number of nitrogens with zero attached hydrogens (tertiary/aromatic N) is 1. The zero-order valence-corrected chi connectivity index (χ0v) is 47.1. The molecule has 0 aromatic carbocycles. The number of nitrogens with one attached hydrogen (secondary N) is 4. The van der Waals surface area contributed by atoms with Crippen LogP contribution in [0.25, 0.3) is 0 Å². The van der Waals surface area contributed by atoms with Gasteiger partial charge in [-0.3, -0.25) is 24.1 Å². The van der Waals surface area contributed by atoms with E-state index in [1.807, 2.05) is 27.7 Å². The van der Waals surface area contributed by atoms with Crippen molar-refractivity contribution in [3.63, 3.8) is 0 Å². The number of hydrogen-bond acceptors (Lipinski definition) is 27. The zero-order valence-electron chi connectivity index (χ0n) is 47.1. The molecule has 2 unspecified atom stereocenters. The molecule has 27 heteroatoms. The van der Waals surface area contributed by atoms with Crippen LogP contribution in [0.2, 0.25) is 0 Å². The lowest BCUT2D eigenvalue weighted by Gasteiger charge is -2.39. The molecule has 2 rings (SSSR count). The quantitative estimate of drug-likeness (QED) is 0.0157. The van der Waals surface area contributed by atoms with Crippen LogP contribution in [0.3, 0.4) is 0 Å². The summed E-state index contributed by atoms with van der Waals surface area (Å²) < 4.78 is 44.3. The molecule has 0 aromatic heterocycles. The largest absolute Gasteiger partial charge is 0.464 e. The number of rotatable bonds is 41. The molecule has 0 aromatic rings. The van der Waals surface area contributed by atoms with Crippen LogP contribution in [0.15, 0.2) is 0 Å². The molecular weight excluding hydrogens is 1030 g/mol. The summed E-state index contributed by atoms with van der Waals surface area (Å²) in [4.78, 5) is 53.0. The molecule has 14 N–H and O–H groups in total. The van der Waals surface area contributed by atoms with Gasteiger partial charge in [-0.25, -0.2) is 0 Å². The second-order valence-electron chi connectivity index (χ2n) is 22.7. The first-order valence-corrected chi connectivity index (χ1v) is 27.0. The Morgan fingerprint density at radius 3 is 1.17 bits per heavy atom. The molecule has 0 bridgehead atoms. The van der Waals surface area contributed by atoms with Crippen molar-refractivity contribution in [3.05, 3.63) is 0 Å². The highest BCUT2D eigenvalue weighted by molar-refractivity contribution is 5.75. The SMILES string of the molecule is CC(C)(COC(=O)CN(CC(=O)OCC(C)(C)CC(C)(C)OC(=O)CCNCCNCCCOC1O[C@@H](CO)[C@@H](O)[C@@H](O)[C@H]1O)C(CO)CO)CC(C)(C)OC(=O)CCNCCNCCCOC1O[C@H](CO)[C@H](O)[C@H](O)[C@@H]1O. The van der Waals surface area contributed by atoms with Gasteiger partial charge in [-0.2, -0.15) is 0 Å². The van der Waals surface area contributed by atoms with Crippen molar-refractivity contribution in [2.45, 2.75) is 173 Å². The van der Waals surface area contributed by atoms with Gasteiger partial charge in [0.05, 0.1) is 84.8 Å². The summed E-state index contributed by atoms with van der Waals surface area (Å²) in [6.07, 6.45) is -11.3. The third kappa shape index (κ3) is 27.7. The van der Waals surface area contributed by atoms with Gasteiger partial charge in [0.2, 0.25) is 0 Å². The zero-order chi connectivity index (χ0) is 58.7. The molecule has 10 atom stereocenters. The van der Waals surface area contributed by atoms with Gasteiger partial charge in [-0.1, -0.05) is 27.7 Å². The van der Waals surface area contributed by atoms with Gasteiger partial charge < -0.3 is 110 Å². The average Bonchev–Trinajstić information content (AvgIpc) is 3.35. The number of hydrogen-bond donors (Lipinski definition) is 14. The van der Waals surface area contributed by atoms with Gasteiger partial charge in [-0.05, 0) is 66.5 Å². The Kier molecular flexibility index (Phi) is 32.7. The molecule has 2 fully saturated rings. The normalized spacial score (nSPS) is 24.4. The molecule has 0 amide bonds. The van der Waals surface area contributed by atoms with E-state index in [9.17, 15) is 70.2 Å². The maximum absolute atomic E-state index is 13.1. The summed E-state index contributed by atoms with van der Waals surface area (Å²) in [7, 11) is 0. The summed E-state index contributed by atoms with van der Waals surface area (Å²) in [5, 5.41) is 111. The molecular formula is C51H97N5O22. The number of ether oxygens (including phenoxy) is 8. The second kappa shape index (κ2) is 35.9. The fourth-order valence-electron chi connectivity index (χ4n) is 9.21. The fourth-order valence-corrected chi connectivity index (χ4v) is 9.21. The van der Waals surface area contributed by atoms with Crippen LogP contribution < -0.4 is 21.3 Å². The minimum Gasteiger partial charge on any atom is -0.464 e. The third-order valence-electron chi connectivity index (χ3n) is 12.7. The molecule has 0 spiro atoms. The van der Waals surface area contributed by atoms with Crippen molar-refractivity contribution < 1.29 is 108 Å². The monoisotopic (exact) mass is 1130 g/mol. The Morgan fingerprint density at radius 2 is 0.833 bits per heavy atom. The lowest BCUT2D eigenvalue weighted by molar-refractivity contribution is -0.301. The van der Waals surface area contributed by atoms with E-state index in [0.29, 0.717) is 78.0 Å². The van der Waals surface area contributed by atoms with Crippen molar-refractivity contribution in [3.8, 4) is 0 Å². The Balaban J connectivity index is 1.64. The third-order valence-corrected chi connectivity index (χ3v) is 12.7. The van der Waals surface area contributed by atoms with Crippen LogP contribution in [0.1, 0.15) is 93.9 Å². The molecule has 78 heavy (non-hydrogen) atoms. The smallest absolute Gasteiger partial charge is 0.320 e. The van der Waals surface area contributed by atoms with Crippen LogP contribution in [0.5, 0.6) is 0 Å². The number of aliphatic hydroxyl groups excluding tert-OH is 10. The first-order chi connectivity index (χ1) is 36.6. The highest BCUT2D eigenvalue weighted by Gasteiger charge is 2.45. The molecule has 2 heterocycles. The molecule has 2 aliphatic heterocycles. The summed E-state index contributed by atoms with van der Waals surface area (Å²) in [6.45, 7) is 15.8. The van der Waals surface area contributed by atoms with Gasteiger partial charge in [0.1, 0.15) is 60.0 Å². The minimum atomic E-state index is -1.50. The standard InChI is InChI=1S/C51H97N5O22/c1-48(2,29-50(5,6)77-36(61)11-15-54-19-17-52-13-9-21-71-46-44(69)42(67)40(65)34(27-59)75-46)31-73-38(63)23-56(33(25-57)26-58)24-39(64)74-32-49(3,4)30-51(7,8)78-37(62)12-16-55-20-18-53-14-10-22-72-47-45(70)43(68)41(66)35(28-60)76-47/h33-35,40-47,52-55,57-60,65-70H,9-32H2,1-8H3/t34-,35+,40+,41-,42+,43-,44+,45-,46?,47?. The van der Waals surface area contributed by atoms with E-state index < -0.39 is 153 Å². The summed E-state index contributed by atoms with van der Waals surface area (Å²) in [5.74, 6) is -2.27. The van der Waals surface area contributed by atoms with E-state index in [-0.39, 0.29) is 39.3 Å². The molecule has 458 valence electrons. The van der Waals surface area contributed by atoms with Crippen LogP contribution in [0, 0.1) is 10.8 Å². The van der Waals surface area contributed by atoms with Gasteiger partial charge >= 0.3 is 23.9 Å². The van der Waals surface area contributed by atoms with Crippen LogP contribution in [-0.4, -0.2) is 277 Å². The number of esters is 4. The first kappa shape index (κ1) is 71.2. The summed E-state index contributed by atoms with van der Waals surface area (Å²) >= 11 is 0. The number of carbonyl (C=O) groups excluding carboxylic acids is 4. The highest BCUT2D eigenvalue weighted by Crippen LogP contribution is 2.33. The van der Waals surface area contributed by atoms with Crippen LogP contribution in [0.4, 0.5) is 0 Å². The summed E-state index contributed by atoms with van der Waals surface area (Å²) in [6, 6.07) is -0.971. The van der Waals surface area contributed by atoms with Gasteiger partial charge in [-0.15, -0.1) is 0 Å². The predicted octanol–water partition coefficient (Wildman–Crippen LogP) is -4.24. The number of carbonyl (C=O) groups is 4. The molecule has 0 aliphatic carbocycles. The van der Waals surface area contributed by atoms with Crippen molar-refractivity contribution in [2.24, 2.45) is 10.8 Å². The highest BCUT2D eigenvalue weighted by atomic mass is 16.7. The maximum atomic E-state index is 13.1. The molecule has 2 aliphatic rings. The van der Waals surface area contributed by atoms with Crippen LogP contribution in [-0.2, 0) is 57.1 Å². The van der Waals surface area contributed by atoms with Crippen molar-refractivity contribution in [1.82, 2.24) is 26.2 Å². The first-order valence-electron chi connectivity index (χ1n) is 27.0. The Bertz CT molecular complexity index is 1590. The molecule has 27 nitrogen and oxygen atoms in total. The second-order valence-corrected chi connectivity index (χ2v) is 22.7. The summed E-state index contributed by atoms with van der Waals surface area (Å²) in [5.41, 5.74) is -3.15. The maximum Gasteiger partial charge on any atom is 0.320 e. The van der Waals surface area contributed by atoms with E-state index in [1.54, 1.807) is 27.7 Å². The van der Waals surface area contributed by atoms with E-state index in [2.05, 4.69) is 21.3 Å². The van der Waals surface area contributed by atoms with E-state index in [4.69, 9.17) is 37.9 Å². The Labute approximate surface area is 458 Å². The van der Waals surface area contributed by atoms with Gasteiger partial charge in [0.25, 0.3) is 0 Å². The minimum absolute atomic E-state index is 0.0646. The molecule has 0 radical (unpaired) electrons.